The van der Waals surface area contributed by atoms with Crippen LogP contribution in [0.3, 0.4) is 0 Å². The zero-order chi connectivity index (χ0) is 14.2. The van der Waals surface area contributed by atoms with E-state index in [1.165, 1.54) is 12.1 Å². The molecule has 2 aromatic rings. The Labute approximate surface area is 111 Å². The summed E-state index contributed by atoms with van der Waals surface area (Å²) in [4.78, 5) is 12.6. The average Bonchev–Trinajstić information content (AvgIpc) is 2.25. The zero-order valence-electron chi connectivity index (χ0n) is 11.5. The second-order valence-electron chi connectivity index (χ2n) is 5.61. The number of nitrogens with zero attached hydrogens (tertiary/aromatic N) is 3. The first-order valence-electron chi connectivity index (χ1n) is 6.05. The standard InChI is InChI=1S/C14H17FN4/c1-8-5-9(7-10(15)6-8)11-17-12(14(2,3)4)19-13(16)18-11/h5-7H,1-4H3,(H2,16,17,18,19). The van der Waals surface area contributed by atoms with Crippen molar-refractivity contribution < 1.29 is 4.39 Å². The van der Waals surface area contributed by atoms with E-state index in [1.807, 2.05) is 33.8 Å². The van der Waals surface area contributed by atoms with E-state index in [2.05, 4.69) is 15.0 Å². The van der Waals surface area contributed by atoms with Gasteiger partial charge in [0.2, 0.25) is 5.95 Å². The molecule has 0 radical (unpaired) electrons. The molecular weight excluding hydrogens is 243 g/mol. The van der Waals surface area contributed by atoms with Crippen molar-refractivity contribution >= 4 is 5.95 Å². The van der Waals surface area contributed by atoms with Crippen molar-refractivity contribution in [2.45, 2.75) is 33.1 Å². The summed E-state index contributed by atoms with van der Waals surface area (Å²) in [5, 5.41) is 0. The summed E-state index contributed by atoms with van der Waals surface area (Å²) < 4.78 is 13.4. The van der Waals surface area contributed by atoms with E-state index in [4.69, 9.17) is 5.73 Å². The number of benzene rings is 1. The maximum absolute atomic E-state index is 13.4. The molecule has 0 fully saturated rings. The van der Waals surface area contributed by atoms with E-state index in [1.54, 1.807) is 0 Å². The maximum Gasteiger partial charge on any atom is 0.223 e. The SMILES string of the molecule is Cc1cc(F)cc(-c2nc(N)nc(C(C)(C)C)n2)c1. The van der Waals surface area contributed by atoms with E-state index < -0.39 is 0 Å². The number of aryl methyl sites for hydroxylation is 1. The third-order valence-corrected chi connectivity index (χ3v) is 2.62. The highest BCUT2D eigenvalue weighted by molar-refractivity contribution is 5.57. The third kappa shape index (κ3) is 3.05. The Bertz CT molecular complexity index is 597. The molecule has 0 spiro atoms. The zero-order valence-corrected chi connectivity index (χ0v) is 11.5. The molecule has 0 unspecified atom stereocenters. The number of hydrogen-bond acceptors (Lipinski definition) is 4. The van der Waals surface area contributed by atoms with Crippen molar-refractivity contribution in [1.29, 1.82) is 0 Å². The molecule has 0 atom stereocenters. The smallest absolute Gasteiger partial charge is 0.223 e. The van der Waals surface area contributed by atoms with Gasteiger partial charge in [-0.3, -0.25) is 0 Å². The van der Waals surface area contributed by atoms with Crippen molar-refractivity contribution in [3.8, 4) is 11.4 Å². The van der Waals surface area contributed by atoms with Crippen LogP contribution in [0, 0.1) is 12.7 Å². The van der Waals surface area contributed by atoms with Crippen molar-refractivity contribution in [2.75, 3.05) is 5.73 Å². The van der Waals surface area contributed by atoms with E-state index in [9.17, 15) is 4.39 Å². The summed E-state index contributed by atoms with van der Waals surface area (Å²) in [6.45, 7) is 7.79. The number of hydrogen-bond donors (Lipinski definition) is 1. The van der Waals surface area contributed by atoms with Gasteiger partial charge in [-0.25, -0.2) is 9.37 Å². The predicted molar refractivity (Wildman–Crippen MR) is 73.1 cm³/mol. The lowest BCUT2D eigenvalue weighted by atomic mass is 9.96. The fraction of sp³-hybridized carbons (Fsp3) is 0.357. The predicted octanol–water partition coefficient (Wildman–Crippen LogP) is 2.87. The van der Waals surface area contributed by atoms with Gasteiger partial charge in [-0.2, -0.15) is 9.97 Å². The Morgan fingerprint density at radius 3 is 2.32 bits per heavy atom. The van der Waals surface area contributed by atoms with Gasteiger partial charge < -0.3 is 5.73 Å². The van der Waals surface area contributed by atoms with Crippen LogP contribution in [-0.2, 0) is 5.41 Å². The van der Waals surface area contributed by atoms with Gasteiger partial charge in [0, 0.05) is 11.0 Å². The van der Waals surface area contributed by atoms with Crippen molar-refractivity contribution in [1.82, 2.24) is 15.0 Å². The van der Waals surface area contributed by atoms with Crippen LogP contribution in [0.25, 0.3) is 11.4 Å². The van der Waals surface area contributed by atoms with E-state index in [-0.39, 0.29) is 17.2 Å². The van der Waals surface area contributed by atoms with Gasteiger partial charge in [-0.1, -0.05) is 20.8 Å². The summed E-state index contributed by atoms with van der Waals surface area (Å²) in [5.41, 5.74) is 6.89. The molecule has 1 aromatic heterocycles. The van der Waals surface area contributed by atoms with Crippen LogP contribution < -0.4 is 5.73 Å². The topological polar surface area (TPSA) is 64.7 Å². The summed E-state index contributed by atoms with van der Waals surface area (Å²) >= 11 is 0. The molecule has 2 N–H and O–H groups in total. The van der Waals surface area contributed by atoms with E-state index >= 15 is 0 Å². The molecule has 0 aliphatic rings. The number of halogens is 1. The summed E-state index contributed by atoms with van der Waals surface area (Å²) in [5.74, 6) is 0.833. The van der Waals surface area contributed by atoms with Crippen LogP contribution in [0.15, 0.2) is 18.2 Å². The van der Waals surface area contributed by atoms with Crippen LogP contribution in [0.4, 0.5) is 10.3 Å². The number of nitrogens with two attached hydrogens (primary N) is 1. The third-order valence-electron chi connectivity index (χ3n) is 2.62. The lowest BCUT2D eigenvalue weighted by Gasteiger charge is -2.17. The molecule has 19 heavy (non-hydrogen) atoms. The van der Waals surface area contributed by atoms with Gasteiger partial charge in [-0.05, 0) is 30.7 Å². The molecule has 0 saturated heterocycles. The monoisotopic (exact) mass is 260 g/mol. The lowest BCUT2D eigenvalue weighted by molar-refractivity contribution is 0.544. The molecule has 4 nitrogen and oxygen atoms in total. The highest BCUT2D eigenvalue weighted by Gasteiger charge is 2.20. The normalized spacial score (nSPS) is 11.6. The fourth-order valence-electron chi connectivity index (χ4n) is 1.72. The highest BCUT2D eigenvalue weighted by Crippen LogP contribution is 2.23. The van der Waals surface area contributed by atoms with Gasteiger partial charge in [0.25, 0.3) is 0 Å². The molecule has 0 amide bonds. The van der Waals surface area contributed by atoms with Crippen LogP contribution in [0.5, 0.6) is 0 Å². The molecule has 0 aliphatic carbocycles. The molecule has 5 heteroatoms. The van der Waals surface area contributed by atoms with Crippen molar-refractivity contribution in [3.63, 3.8) is 0 Å². The van der Waals surface area contributed by atoms with Gasteiger partial charge in [0.05, 0.1) is 0 Å². The summed E-state index contributed by atoms with van der Waals surface area (Å²) in [6, 6.07) is 4.68. The van der Waals surface area contributed by atoms with E-state index in [0.29, 0.717) is 17.2 Å². The Kier molecular flexibility index (Phi) is 3.22. The first-order valence-corrected chi connectivity index (χ1v) is 6.05. The molecule has 1 aromatic carbocycles. The van der Waals surface area contributed by atoms with Gasteiger partial charge >= 0.3 is 0 Å². The second kappa shape index (κ2) is 4.57. The largest absolute Gasteiger partial charge is 0.368 e. The van der Waals surface area contributed by atoms with Crippen LogP contribution >= 0.6 is 0 Å². The molecule has 0 saturated carbocycles. The first-order chi connectivity index (χ1) is 8.75. The Morgan fingerprint density at radius 2 is 1.74 bits per heavy atom. The molecule has 100 valence electrons. The van der Waals surface area contributed by atoms with Crippen LogP contribution in [-0.4, -0.2) is 15.0 Å². The van der Waals surface area contributed by atoms with Crippen molar-refractivity contribution in [2.24, 2.45) is 0 Å². The molecular formula is C14H17FN4. The van der Waals surface area contributed by atoms with Gasteiger partial charge in [0.1, 0.15) is 11.6 Å². The number of anilines is 1. The van der Waals surface area contributed by atoms with Crippen LogP contribution in [0.1, 0.15) is 32.2 Å². The van der Waals surface area contributed by atoms with Crippen molar-refractivity contribution in [3.05, 3.63) is 35.4 Å². The van der Waals surface area contributed by atoms with Crippen LogP contribution in [0.2, 0.25) is 0 Å². The Balaban J connectivity index is 2.59. The molecule has 0 aliphatic heterocycles. The van der Waals surface area contributed by atoms with Gasteiger partial charge in [-0.15, -0.1) is 0 Å². The fourth-order valence-corrected chi connectivity index (χ4v) is 1.72. The maximum atomic E-state index is 13.4. The Hall–Kier alpha value is -2.04. The minimum Gasteiger partial charge on any atom is -0.368 e. The number of rotatable bonds is 1. The average molecular weight is 260 g/mol. The Morgan fingerprint density at radius 1 is 1.05 bits per heavy atom. The summed E-state index contributed by atoms with van der Waals surface area (Å²) in [7, 11) is 0. The number of aromatic nitrogens is 3. The highest BCUT2D eigenvalue weighted by atomic mass is 19.1. The minimum absolute atomic E-state index is 0.150. The van der Waals surface area contributed by atoms with Gasteiger partial charge in [0.15, 0.2) is 5.82 Å². The first kappa shape index (κ1) is 13.4. The quantitative estimate of drug-likeness (QED) is 0.856. The molecule has 2 rings (SSSR count). The van der Waals surface area contributed by atoms with E-state index in [0.717, 1.165) is 5.56 Å². The minimum atomic E-state index is -0.314. The second-order valence-corrected chi connectivity index (χ2v) is 5.61. The molecule has 1 heterocycles. The number of nitrogen functional groups attached to an aromatic ring is 1. The molecule has 0 bridgehead atoms. The lowest BCUT2D eigenvalue weighted by Crippen LogP contribution is -2.18. The summed E-state index contributed by atoms with van der Waals surface area (Å²) in [6.07, 6.45) is 0.